The van der Waals surface area contributed by atoms with E-state index in [1.807, 2.05) is 0 Å². The van der Waals surface area contributed by atoms with Crippen molar-refractivity contribution >= 4 is 37.9 Å². The predicted octanol–water partition coefficient (Wildman–Crippen LogP) is 2.35. The molecule has 2 rings (SSSR count). The van der Waals surface area contributed by atoms with E-state index >= 15 is 0 Å². The smallest absolute Gasteiger partial charge is 0.184 e. The molecule has 0 bridgehead atoms. The molecular formula is C10H9ClN2O2S2. The SMILES string of the molecule is Nc1nc(CS(=O)(=O)c2ccc(Cl)cc2)cs1. The Morgan fingerprint density at radius 3 is 2.47 bits per heavy atom. The van der Waals surface area contributed by atoms with Crippen LogP contribution < -0.4 is 5.73 Å². The topological polar surface area (TPSA) is 73.0 Å². The van der Waals surface area contributed by atoms with Gasteiger partial charge in [-0.3, -0.25) is 0 Å². The number of hydrogen-bond acceptors (Lipinski definition) is 5. The van der Waals surface area contributed by atoms with Crippen molar-refractivity contribution in [1.82, 2.24) is 4.98 Å². The molecular weight excluding hydrogens is 280 g/mol. The minimum Gasteiger partial charge on any atom is -0.375 e. The number of anilines is 1. The summed E-state index contributed by atoms with van der Waals surface area (Å²) in [7, 11) is -3.39. The van der Waals surface area contributed by atoms with E-state index in [1.165, 1.54) is 23.5 Å². The van der Waals surface area contributed by atoms with Crippen LogP contribution in [0.25, 0.3) is 0 Å². The molecule has 0 aliphatic heterocycles. The zero-order valence-electron chi connectivity index (χ0n) is 8.63. The van der Waals surface area contributed by atoms with E-state index in [-0.39, 0.29) is 10.6 Å². The van der Waals surface area contributed by atoms with E-state index in [0.29, 0.717) is 15.8 Å². The number of aromatic nitrogens is 1. The standard InChI is InChI=1S/C10H9ClN2O2S2/c11-7-1-3-9(4-2-7)17(14,15)6-8-5-16-10(12)13-8/h1-5H,6H2,(H2,12,13). The maximum absolute atomic E-state index is 12.0. The van der Waals surface area contributed by atoms with Gasteiger partial charge >= 0.3 is 0 Å². The predicted molar refractivity (Wildman–Crippen MR) is 68.9 cm³/mol. The van der Waals surface area contributed by atoms with E-state index in [4.69, 9.17) is 17.3 Å². The summed E-state index contributed by atoms with van der Waals surface area (Å²) in [6.45, 7) is 0. The Labute approximate surface area is 108 Å². The van der Waals surface area contributed by atoms with Gasteiger partial charge in [-0.05, 0) is 24.3 Å². The second-order valence-corrected chi connectivity index (χ2v) is 6.71. The highest BCUT2D eigenvalue weighted by atomic mass is 35.5. The van der Waals surface area contributed by atoms with E-state index in [9.17, 15) is 8.42 Å². The van der Waals surface area contributed by atoms with Crippen molar-refractivity contribution in [1.29, 1.82) is 0 Å². The summed E-state index contributed by atoms with van der Waals surface area (Å²) in [5.74, 6) is -0.150. The second-order valence-electron chi connectivity index (χ2n) is 3.39. The minimum atomic E-state index is -3.39. The molecule has 7 heteroatoms. The van der Waals surface area contributed by atoms with Crippen LogP contribution >= 0.6 is 22.9 Å². The lowest BCUT2D eigenvalue weighted by Gasteiger charge is -2.02. The van der Waals surface area contributed by atoms with Gasteiger partial charge in [-0.1, -0.05) is 11.6 Å². The molecule has 90 valence electrons. The third kappa shape index (κ3) is 2.96. The molecule has 0 fully saturated rings. The summed E-state index contributed by atoms with van der Waals surface area (Å²) in [5, 5.41) is 2.51. The molecule has 1 heterocycles. The Kier molecular flexibility index (Phi) is 3.37. The average Bonchev–Trinajstić information content (AvgIpc) is 2.63. The lowest BCUT2D eigenvalue weighted by Crippen LogP contribution is -2.05. The number of halogens is 1. The molecule has 4 nitrogen and oxygen atoms in total. The van der Waals surface area contributed by atoms with Crippen molar-refractivity contribution in [3.63, 3.8) is 0 Å². The molecule has 0 aliphatic carbocycles. The van der Waals surface area contributed by atoms with Gasteiger partial charge in [-0.2, -0.15) is 0 Å². The second kappa shape index (κ2) is 4.64. The molecule has 1 aromatic heterocycles. The number of nitrogens with zero attached hydrogens (tertiary/aromatic N) is 1. The van der Waals surface area contributed by atoms with Gasteiger partial charge in [0.1, 0.15) is 0 Å². The fraction of sp³-hybridized carbons (Fsp3) is 0.100. The van der Waals surface area contributed by atoms with Crippen LogP contribution in [-0.4, -0.2) is 13.4 Å². The maximum atomic E-state index is 12.0. The summed E-state index contributed by atoms with van der Waals surface area (Å²) in [6.07, 6.45) is 0. The van der Waals surface area contributed by atoms with Crippen LogP contribution in [0.15, 0.2) is 34.5 Å². The van der Waals surface area contributed by atoms with Gasteiger partial charge in [0, 0.05) is 10.4 Å². The zero-order chi connectivity index (χ0) is 12.5. The number of rotatable bonds is 3. The first-order valence-corrected chi connectivity index (χ1v) is 7.56. The van der Waals surface area contributed by atoms with Crippen LogP contribution in [0.1, 0.15) is 5.69 Å². The molecule has 0 saturated carbocycles. The highest BCUT2D eigenvalue weighted by Crippen LogP contribution is 2.20. The van der Waals surface area contributed by atoms with Crippen LogP contribution in [0.3, 0.4) is 0 Å². The van der Waals surface area contributed by atoms with Crippen LogP contribution in [-0.2, 0) is 15.6 Å². The van der Waals surface area contributed by atoms with Gasteiger partial charge in [-0.15, -0.1) is 11.3 Å². The van der Waals surface area contributed by atoms with Gasteiger partial charge in [0.05, 0.1) is 16.3 Å². The number of nitrogens with two attached hydrogens (primary N) is 1. The summed E-state index contributed by atoms with van der Waals surface area (Å²) in [4.78, 5) is 4.16. The summed E-state index contributed by atoms with van der Waals surface area (Å²) in [6, 6.07) is 6.05. The van der Waals surface area contributed by atoms with Crippen molar-refractivity contribution in [2.75, 3.05) is 5.73 Å². The molecule has 0 radical (unpaired) electrons. The maximum Gasteiger partial charge on any atom is 0.184 e. The average molecular weight is 289 g/mol. The van der Waals surface area contributed by atoms with Crippen molar-refractivity contribution in [2.24, 2.45) is 0 Å². The van der Waals surface area contributed by atoms with E-state index in [1.54, 1.807) is 17.5 Å². The number of sulfone groups is 1. The summed E-state index contributed by atoms with van der Waals surface area (Å²) >= 11 is 6.93. The van der Waals surface area contributed by atoms with Crippen LogP contribution in [0.4, 0.5) is 5.13 Å². The fourth-order valence-corrected chi connectivity index (χ4v) is 3.36. The summed E-state index contributed by atoms with van der Waals surface area (Å²) < 4.78 is 24.0. The Morgan fingerprint density at radius 1 is 1.29 bits per heavy atom. The monoisotopic (exact) mass is 288 g/mol. The quantitative estimate of drug-likeness (QED) is 0.941. The number of nitrogen functional groups attached to an aromatic ring is 1. The summed E-state index contributed by atoms with van der Waals surface area (Å²) in [5.41, 5.74) is 5.91. The first-order chi connectivity index (χ1) is 7.97. The molecule has 0 aliphatic rings. The molecule has 0 unspecified atom stereocenters. The normalized spacial score (nSPS) is 11.6. The van der Waals surface area contributed by atoms with Gasteiger partial charge in [-0.25, -0.2) is 13.4 Å². The lowest BCUT2D eigenvalue weighted by molar-refractivity contribution is 0.595. The van der Waals surface area contributed by atoms with Crippen molar-refractivity contribution in [3.8, 4) is 0 Å². The van der Waals surface area contributed by atoms with E-state index in [0.717, 1.165) is 0 Å². The Morgan fingerprint density at radius 2 is 1.94 bits per heavy atom. The van der Waals surface area contributed by atoms with Crippen molar-refractivity contribution in [2.45, 2.75) is 10.6 Å². The minimum absolute atomic E-state index is 0.150. The Hall–Kier alpha value is -1.11. The van der Waals surface area contributed by atoms with Crippen molar-refractivity contribution < 1.29 is 8.42 Å². The molecule has 1 aromatic carbocycles. The van der Waals surface area contributed by atoms with E-state index < -0.39 is 9.84 Å². The first-order valence-electron chi connectivity index (χ1n) is 4.65. The molecule has 0 atom stereocenters. The van der Waals surface area contributed by atoms with Crippen molar-refractivity contribution in [3.05, 3.63) is 40.4 Å². The fourth-order valence-electron chi connectivity index (χ4n) is 1.31. The van der Waals surface area contributed by atoms with E-state index in [2.05, 4.69) is 4.98 Å². The lowest BCUT2D eigenvalue weighted by atomic mass is 10.4. The zero-order valence-corrected chi connectivity index (χ0v) is 11.0. The highest BCUT2D eigenvalue weighted by Gasteiger charge is 2.16. The third-order valence-corrected chi connectivity index (χ3v) is 4.72. The van der Waals surface area contributed by atoms with Crippen LogP contribution in [0.5, 0.6) is 0 Å². The molecule has 2 N–H and O–H groups in total. The molecule has 17 heavy (non-hydrogen) atoms. The first kappa shape index (κ1) is 12.3. The molecule has 2 aromatic rings. The van der Waals surface area contributed by atoms with Gasteiger partial charge in [0.2, 0.25) is 0 Å². The van der Waals surface area contributed by atoms with Crippen LogP contribution in [0, 0.1) is 0 Å². The van der Waals surface area contributed by atoms with Crippen LogP contribution in [0.2, 0.25) is 5.02 Å². The number of benzene rings is 1. The molecule has 0 saturated heterocycles. The number of hydrogen-bond donors (Lipinski definition) is 1. The largest absolute Gasteiger partial charge is 0.375 e. The Bertz CT molecular complexity index is 620. The molecule has 0 spiro atoms. The van der Waals surface area contributed by atoms with Gasteiger partial charge in [0.25, 0.3) is 0 Å². The molecule has 0 amide bonds. The highest BCUT2D eigenvalue weighted by molar-refractivity contribution is 7.90. The van der Waals surface area contributed by atoms with Gasteiger partial charge in [0.15, 0.2) is 15.0 Å². The number of thiazole rings is 1. The Balaban J connectivity index is 2.28. The van der Waals surface area contributed by atoms with Gasteiger partial charge < -0.3 is 5.73 Å². The third-order valence-electron chi connectivity index (χ3n) is 2.08.